The maximum Gasteiger partial charge on any atom is 0.422 e. The van der Waals surface area contributed by atoms with Gasteiger partial charge in [0.15, 0.2) is 0 Å². The first-order chi connectivity index (χ1) is 16.8. The van der Waals surface area contributed by atoms with E-state index in [-0.39, 0.29) is 30.3 Å². The van der Waals surface area contributed by atoms with Crippen molar-refractivity contribution in [1.82, 2.24) is 0 Å². The molecule has 0 spiro atoms. The lowest BCUT2D eigenvalue weighted by molar-refractivity contribution is -0.142. The lowest BCUT2D eigenvalue weighted by Gasteiger charge is -2.20. The van der Waals surface area contributed by atoms with E-state index in [1.165, 1.54) is 0 Å². The van der Waals surface area contributed by atoms with E-state index in [9.17, 15) is 52.7 Å². The van der Waals surface area contributed by atoms with Crippen LogP contribution in [0.25, 0.3) is 0 Å². The van der Waals surface area contributed by atoms with Crippen LogP contribution in [0.2, 0.25) is 0 Å². The van der Waals surface area contributed by atoms with Gasteiger partial charge in [-0.3, -0.25) is 0 Å². The van der Waals surface area contributed by atoms with Crippen LogP contribution in [0, 0.1) is 17.5 Å². The van der Waals surface area contributed by atoms with Crippen LogP contribution in [0.5, 0.6) is 23.0 Å². The van der Waals surface area contributed by atoms with Gasteiger partial charge in [0, 0.05) is 35.6 Å². The summed E-state index contributed by atoms with van der Waals surface area (Å²) in [4.78, 5) is 0. The summed E-state index contributed by atoms with van der Waals surface area (Å²) < 4.78 is 172. The molecule has 0 aromatic heterocycles. The zero-order valence-electron chi connectivity index (χ0n) is 17.5. The maximum atomic E-state index is 14.5. The van der Waals surface area contributed by atoms with Crippen LogP contribution in [0.1, 0.15) is 16.7 Å². The summed E-state index contributed by atoms with van der Waals surface area (Å²) in [6, 6.07) is 1.12. The Morgan fingerprint density at radius 1 is 0.459 bits per heavy atom. The molecule has 0 amide bonds. The molecule has 0 saturated heterocycles. The lowest BCUT2D eigenvalue weighted by atomic mass is 10.1. The smallest absolute Gasteiger partial charge is 0.422 e. The number of alkyl halides is 9. The standard InChI is InChI=1S/C21H10F12N2O2/c22-10-1-7(34)3-13(16(10)19(25,26)27)36-9-5-12(24)18(21(31,32)33)15(6-9)37-14-4-8(35)2-11(23)17(14)20(28,29)30/h1-6H,34-35H2. The Morgan fingerprint density at radius 2 is 0.784 bits per heavy atom. The van der Waals surface area contributed by atoms with Gasteiger partial charge in [0.25, 0.3) is 0 Å². The molecule has 0 bridgehead atoms. The van der Waals surface area contributed by atoms with Crippen LogP contribution in [-0.2, 0) is 18.5 Å². The van der Waals surface area contributed by atoms with Crippen LogP contribution in [0.15, 0.2) is 36.4 Å². The van der Waals surface area contributed by atoms with Gasteiger partial charge in [0.2, 0.25) is 0 Å². The Balaban J connectivity index is 2.23. The minimum Gasteiger partial charge on any atom is -0.456 e. The van der Waals surface area contributed by atoms with E-state index in [4.69, 9.17) is 16.2 Å². The van der Waals surface area contributed by atoms with Gasteiger partial charge in [0.05, 0.1) is 0 Å². The molecule has 3 aromatic carbocycles. The van der Waals surface area contributed by atoms with E-state index in [0.29, 0.717) is 6.07 Å². The number of hydrogen-bond donors (Lipinski definition) is 2. The van der Waals surface area contributed by atoms with Crippen molar-refractivity contribution in [3.05, 3.63) is 70.5 Å². The van der Waals surface area contributed by atoms with Gasteiger partial charge in [-0.1, -0.05) is 0 Å². The number of halogens is 12. The van der Waals surface area contributed by atoms with Crippen molar-refractivity contribution in [3.8, 4) is 23.0 Å². The summed E-state index contributed by atoms with van der Waals surface area (Å²) in [6.45, 7) is 0. The van der Waals surface area contributed by atoms with Crippen molar-refractivity contribution >= 4 is 11.4 Å². The van der Waals surface area contributed by atoms with Crippen molar-refractivity contribution in [2.45, 2.75) is 18.5 Å². The molecule has 37 heavy (non-hydrogen) atoms. The molecule has 0 atom stereocenters. The Morgan fingerprint density at radius 3 is 1.16 bits per heavy atom. The molecule has 0 aliphatic carbocycles. The van der Waals surface area contributed by atoms with Crippen LogP contribution < -0.4 is 20.9 Å². The van der Waals surface area contributed by atoms with Gasteiger partial charge >= 0.3 is 18.5 Å². The SMILES string of the molecule is Nc1cc(F)c(C(F)(F)F)c(Oc2cc(F)c(C(F)(F)F)c(Oc3cc(N)cc(F)c3C(F)(F)F)c2)c1. The molecule has 16 heteroatoms. The Labute approximate surface area is 198 Å². The molecule has 3 rings (SSSR count). The zero-order valence-corrected chi connectivity index (χ0v) is 17.5. The molecule has 0 aliphatic heterocycles. The van der Waals surface area contributed by atoms with E-state index in [0.717, 1.165) is 0 Å². The van der Waals surface area contributed by atoms with E-state index >= 15 is 0 Å². The lowest BCUT2D eigenvalue weighted by Crippen LogP contribution is -2.14. The fourth-order valence-electron chi connectivity index (χ4n) is 3.13. The first-order valence-electron chi connectivity index (χ1n) is 9.38. The Bertz CT molecular complexity index is 1350. The average molecular weight is 550 g/mol. The molecule has 200 valence electrons. The number of hydrogen-bond acceptors (Lipinski definition) is 4. The highest BCUT2D eigenvalue weighted by Gasteiger charge is 2.42. The monoisotopic (exact) mass is 550 g/mol. The number of nitrogen functional groups attached to an aromatic ring is 2. The fourth-order valence-corrected chi connectivity index (χ4v) is 3.13. The summed E-state index contributed by atoms with van der Waals surface area (Å²) in [5.41, 5.74) is 2.55. The van der Waals surface area contributed by atoms with Crippen molar-refractivity contribution in [3.63, 3.8) is 0 Å². The zero-order chi connectivity index (χ0) is 28.1. The van der Waals surface area contributed by atoms with Crippen LogP contribution >= 0.6 is 0 Å². The highest BCUT2D eigenvalue weighted by atomic mass is 19.4. The Hall–Kier alpha value is -3.98. The molecular weight excluding hydrogens is 540 g/mol. The molecule has 0 fully saturated rings. The summed E-state index contributed by atoms with van der Waals surface area (Å²) in [5, 5.41) is 0. The molecule has 3 aromatic rings. The van der Waals surface area contributed by atoms with Gasteiger partial charge in [-0.05, 0) is 12.1 Å². The topological polar surface area (TPSA) is 70.5 Å². The summed E-state index contributed by atoms with van der Waals surface area (Å²) in [6.07, 6.45) is -16.6. The molecule has 0 unspecified atom stereocenters. The molecule has 4 N–H and O–H groups in total. The first kappa shape index (κ1) is 27.6. The van der Waals surface area contributed by atoms with Crippen LogP contribution in [0.3, 0.4) is 0 Å². The van der Waals surface area contributed by atoms with Crippen molar-refractivity contribution in [2.24, 2.45) is 0 Å². The van der Waals surface area contributed by atoms with Gasteiger partial charge in [-0.2, -0.15) is 39.5 Å². The highest BCUT2D eigenvalue weighted by molar-refractivity contribution is 5.55. The highest BCUT2D eigenvalue weighted by Crippen LogP contribution is 2.47. The van der Waals surface area contributed by atoms with Crippen molar-refractivity contribution < 1.29 is 62.2 Å². The largest absolute Gasteiger partial charge is 0.456 e. The predicted molar refractivity (Wildman–Crippen MR) is 103 cm³/mol. The molecular formula is C21H10F12N2O2. The fraction of sp³-hybridized carbons (Fsp3) is 0.143. The molecule has 0 heterocycles. The van der Waals surface area contributed by atoms with Gasteiger partial charge in [0.1, 0.15) is 57.1 Å². The molecule has 0 aliphatic rings. The maximum absolute atomic E-state index is 14.5. The minimum atomic E-state index is -5.63. The van der Waals surface area contributed by atoms with Gasteiger partial charge < -0.3 is 20.9 Å². The van der Waals surface area contributed by atoms with Crippen LogP contribution in [-0.4, -0.2) is 0 Å². The van der Waals surface area contributed by atoms with Crippen molar-refractivity contribution in [1.29, 1.82) is 0 Å². The van der Waals surface area contributed by atoms with Gasteiger partial charge in [-0.15, -0.1) is 0 Å². The number of benzene rings is 3. The van der Waals surface area contributed by atoms with Gasteiger partial charge in [-0.25, -0.2) is 13.2 Å². The second kappa shape index (κ2) is 9.15. The molecule has 0 radical (unpaired) electrons. The third-order valence-corrected chi connectivity index (χ3v) is 4.48. The van der Waals surface area contributed by atoms with Crippen molar-refractivity contribution in [2.75, 3.05) is 11.5 Å². The summed E-state index contributed by atoms with van der Waals surface area (Å²) in [5.74, 6) is -12.3. The number of rotatable bonds is 4. The van der Waals surface area contributed by atoms with E-state index < -0.39 is 87.0 Å². The second-order valence-electron chi connectivity index (χ2n) is 7.23. The third kappa shape index (κ3) is 5.89. The Kier molecular flexibility index (Phi) is 6.83. The normalized spacial score (nSPS) is 12.5. The van der Waals surface area contributed by atoms with Crippen LogP contribution in [0.4, 0.5) is 64.1 Å². The number of nitrogens with two attached hydrogens (primary N) is 2. The quantitative estimate of drug-likeness (QED) is 0.256. The average Bonchev–Trinajstić information content (AvgIpc) is 2.62. The summed E-state index contributed by atoms with van der Waals surface area (Å²) in [7, 11) is 0. The van der Waals surface area contributed by atoms with E-state index in [1.54, 1.807) is 0 Å². The number of ether oxygens (including phenoxy) is 2. The van der Waals surface area contributed by atoms with E-state index in [1.807, 2.05) is 0 Å². The second-order valence-corrected chi connectivity index (χ2v) is 7.23. The third-order valence-electron chi connectivity index (χ3n) is 4.48. The van der Waals surface area contributed by atoms with E-state index in [2.05, 4.69) is 4.74 Å². The molecule has 0 saturated carbocycles. The number of anilines is 2. The summed E-state index contributed by atoms with van der Waals surface area (Å²) >= 11 is 0. The predicted octanol–water partition coefficient (Wildman–Crippen LogP) is 7.91. The first-order valence-corrected chi connectivity index (χ1v) is 9.38. The molecule has 4 nitrogen and oxygen atoms in total. The minimum absolute atomic E-state index is 0.0639.